The zero-order valence-electron chi connectivity index (χ0n) is 17.2. The van der Waals surface area contributed by atoms with E-state index in [0.717, 1.165) is 14.2 Å². The molecule has 2 aromatic rings. The van der Waals surface area contributed by atoms with Crippen molar-refractivity contribution in [2.45, 2.75) is 11.5 Å². The highest BCUT2D eigenvalue weighted by atomic mass is 31.2. The SMILES string of the molecule is C=CCN1C(=O)[C@@](OP(=O)(OC)OC)([C@@H](C[N+](=O)[O-])c2ccccc2)c2ccccc21. The fraction of sp³-hybridized carbons (Fsp3) is 0.286. The van der Waals surface area contributed by atoms with Gasteiger partial charge in [0.2, 0.25) is 6.54 Å². The van der Waals surface area contributed by atoms with Crippen LogP contribution in [0.3, 0.4) is 0 Å². The number of fused-ring (bicyclic) bond motifs is 1. The molecule has 0 aromatic heterocycles. The fourth-order valence-corrected chi connectivity index (χ4v) is 4.83. The van der Waals surface area contributed by atoms with Gasteiger partial charge in [-0.2, -0.15) is 0 Å². The van der Waals surface area contributed by atoms with Gasteiger partial charge in [-0.05, 0) is 11.6 Å². The van der Waals surface area contributed by atoms with E-state index in [2.05, 4.69) is 6.58 Å². The van der Waals surface area contributed by atoms with Crippen LogP contribution in [0.25, 0.3) is 0 Å². The predicted molar refractivity (Wildman–Crippen MR) is 114 cm³/mol. The second-order valence-corrected chi connectivity index (χ2v) is 8.65. The lowest BCUT2D eigenvalue weighted by Crippen LogP contribution is -2.48. The number of phosphoric acid groups is 1. The summed E-state index contributed by atoms with van der Waals surface area (Å²) in [6, 6.07) is 15.2. The molecule has 0 bridgehead atoms. The van der Waals surface area contributed by atoms with Gasteiger partial charge in [0.05, 0.1) is 11.6 Å². The first kappa shape index (κ1) is 22.8. The fourth-order valence-electron chi connectivity index (χ4n) is 3.88. The second-order valence-electron chi connectivity index (χ2n) is 6.84. The standard InChI is InChI=1S/C21H23N2O7P/c1-4-14-22-19-13-9-8-12-17(19)21(20(22)24,30-31(27,28-2)29-3)18(15-23(25)26)16-10-6-5-7-11-16/h4-13,18H,1,14-15H2,2-3H3/t18-,21-/m0/s1. The lowest BCUT2D eigenvalue weighted by molar-refractivity contribution is -0.486. The topological polar surface area (TPSA) is 108 Å². The molecule has 10 heteroatoms. The van der Waals surface area contributed by atoms with Crippen molar-refractivity contribution in [3.05, 3.63) is 88.5 Å². The van der Waals surface area contributed by atoms with Crippen molar-refractivity contribution in [3.63, 3.8) is 0 Å². The maximum Gasteiger partial charge on any atom is 0.475 e. The van der Waals surface area contributed by atoms with Gasteiger partial charge in [-0.1, -0.05) is 54.6 Å². The Hall–Kier alpha value is -2.84. The van der Waals surface area contributed by atoms with E-state index in [4.69, 9.17) is 13.6 Å². The van der Waals surface area contributed by atoms with Crippen LogP contribution in [0.15, 0.2) is 67.3 Å². The number of amides is 1. The lowest BCUT2D eigenvalue weighted by atomic mass is 9.78. The van der Waals surface area contributed by atoms with Crippen molar-refractivity contribution < 1.29 is 27.9 Å². The van der Waals surface area contributed by atoms with Gasteiger partial charge in [0.25, 0.3) is 5.91 Å². The van der Waals surface area contributed by atoms with Gasteiger partial charge in [0.15, 0.2) is 5.60 Å². The molecule has 0 unspecified atom stereocenters. The Balaban J connectivity index is 2.35. The van der Waals surface area contributed by atoms with E-state index in [1.165, 1.54) is 11.0 Å². The minimum atomic E-state index is -4.25. The summed E-state index contributed by atoms with van der Waals surface area (Å²) in [6.45, 7) is 3.17. The van der Waals surface area contributed by atoms with E-state index in [1.807, 2.05) is 0 Å². The highest BCUT2D eigenvalue weighted by Gasteiger charge is 2.62. The molecule has 1 amide bonds. The molecule has 0 saturated heterocycles. The van der Waals surface area contributed by atoms with Crippen LogP contribution >= 0.6 is 7.82 Å². The number of nitrogens with zero attached hydrogens (tertiary/aromatic N) is 2. The van der Waals surface area contributed by atoms with Gasteiger partial charge < -0.3 is 4.90 Å². The first-order chi connectivity index (χ1) is 14.8. The molecular weight excluding hydrogens is 423 g/mol. The van der Waals surface area contributed by atoms with Crippen LogP contribution in [-0.4, -0.2) is 38.1 Å². The molecule has 2 atom stereocenters. The van der Waals surface area contributed by atoms with E-state index >= 15 is 0 Å². The number of para-hydroxylation sites is 1. The number of hydrogen-bond donors (Lipinski definition) is 0. The third-order valence-corrected chi connectivity index (χ3v) is 6.60. The molecule has 0 fully saturated rings. The predicted octanol–water partition coefficient (Wildman–Crippen LogP) is 3.89. The van der Waals surface area contributed by atoms with Gasteiger partial charge in [0, 0.05) is 31.3 Å². The van der Waals surface area contributed by atoms with Crippen LogP contribution in [0, 0.1) is 10.1 Å². The average molecular weight is 446 g/mol. The van der Waals surface area contributed by atoms with Crippen molar-refractivity contribution >= 4 is 19.4 Å². The molecule has 3 rings (SSSR count). The summed E-state index contributed by atoms with van der Waals surface area (Å²) in [5.74, 6) is -1.73. The van der Waals surface area contributed by atoms with E-state index in [1.54, 1.807) is 54.6 Å². The Kier molecular flexibility index (Phi) is 6.71. The monoisotopic (exact) mass is 446 g/mol. The van der Waals surface area contributed by atoms with Crippen molar-refractivity contribution in [2.24, 2.45) is 0 Å². The zero-order valence-corrected chi connectivity index (χ0v) is 18.1. The molecule has 0 spiro atoms. The van der Waals surface area contributed by atoms with Crippen molar-refractivity contribution in [2.75, 3.05) is 32.2 Å². The maximum absolute atomic E-state index is 13.9. The van der Waals surface area contributed by atoms with Gasteiger partial charge in [-0.15, -0.1) is 6.58 Å². The third kappa shape index (κ3) is 4.05. The van der Waals surface area contributed by atoms with E-state index in [9.17, 15) is 19.5 Å². The highest BCUT2D eigenvalue weighted by Crippen LogP contribution is 2.61. The summed E-state index contributed by atoms with van der Waals surface area (Å²) in [5.41, 5.74) is -0.723. The Labute approximate surface area is 180 Å². The van der Waals surface area contributed by atoms with Gasteiger partial charge in [-0.3, -0.25) is 28.5 Å². The number of carbonyl (C=O) groups excluding carboxylic acids is 1. The molecule has 1 heterocycles. The summed E-state index contributed by atoms with van der Waals surface area (Å²) in [4.78, 5) is 26.4. The minimum Gasteiger partial charge on any atom is -0.305 e. The average Bonchev–Trinajstić information content (AvgIpc) is 3.01. The third-order valence-electron chi connectivity index (χ3n) is 5.20. The summed E-state index contributed by atoms with van der Waals surface area (Å²) >= 11 is 0. The van der Waals surface area contributed by atoms with Gasteiger partial charge >= 0.3 is 7.82 Å². The summed E-state index contributed by atoms with van der Waals surface area (Å²) < 4.78 is 29.0. The van der Waals surface area contributed by atoms with E-state index in [-0.39, 0.29) is 6.54 Å². The normalized spacial score (nSPS) is 19.2. The zero-order chi connectivity index (χ0) is 22.6. The van der Waals surface area contributed by atoms with E-state index < -0.39 is 36.7 Å². The van der Waals surface area contributed by atoms with Crippen LogP contribution in [0.1, 0.15) is 17.0 Å². The smallest absolute Gasteiger partial charge is 0.305 e. The molecule has 164 valence electrons. The first-order valence-electron chi connectivity index (χ1n) is 9.44. The first-order valence-corrected chi connectivity index (χ1v) is 10.9. The van der Waals surface area contributed by atoms with Gasteiger partial charge in [0.1, 0.15) is 0 Å². The van der Waals surface area contributed by atoms with Crippen LogP contribution in [0.5, 0.6) is 0 Å². The number of anilines is 1. The van der Waals surface area contributed by atoms with Crippen LogP contribution in [-0.2, 0) is 28.5 Å². The maximum atomic E-state index is 13.9. The Morgan fingerprint density at radius 1 is 1.16 bits per heavy atom. The molecule has 31 heavy (non-hydrogen) atoms. The summed E-state index contributed by atoms with van der Waals surface area (Å²) in [5, 5.41) is 11.7. The molecule has 1 aliphatic heterocycles. The molecular formula is C21H23N2O7P. The number of benzene rings is 2. The molecule has 9 nitrogen and oxygen atoms in total. The number of rotatable bonds is 10. The molecule has 2 aromatic carbocycles. The number of phosphoric ester groups is 1. The van der Waals surface area contributed by atoms with E-state index in [0.29, 0.717) is 16.8 Å². The Morgan fingerprint density at radius 3 is 2.35 bits per heavy atom. The molecule has 0 aliphatic carbocycles. The van der Waals surface area contributed by atoms with Gasteiger partial charge in [-0.25, -0.2) is 4.57 Å². The minimum absolute atomic E-state index is 0.130. The van der Waals surface area contributed by atoms with Crippen molar-refractivity contribution in [1.29, 1.82) is 0 Å². The molecule has 0 N–H and O–H groups in total. The van der Waals surface area contributed by atoms with Crippen molar-refractivity contribution in [3.8, 4) is 0 Å². The summed E-state index contributed by atoms with van der Waals surface area (Å²) in [6.07, 6.45) is 1.53. The Morgan fingerprint density at radius 2 is 1.77 bits per heavy atom. The molecule has 0 radical (unpaired) electrons. The number of nitro groups is 1. The lowest BCUT2D eigenvalue weighted by Gasteiger charge is -2.36. The Bertz CT molecular complexity index is 1020. The highest BCUT2D eigenvalue weighted by molar-refractivity contribution is 7.48. The second kappa shape index (κ2) is 9.11. The summed E-state index contributed by atoms with van der Waals surface area (Å²) in [7, 11) is -2.01. The number of hydrogen-bond acceptors (Lipinski definition) is 7. The quantitative estimate of drug-likeness (QED) is 0.236. The molecule has 1 aliphatic rings. The number of carbonyl (C=O) groups is 1. The van der Waals surface area contributed by atoms with Crippen LogP contribution in [0.4, 0.5) is 5.69 Å². The van der Waals surface area contributed by atoms with Crippen LogP contribution in [0.2, 0.25) is 0 Å². The largest absolute Gasteiger partial charge is 0.475 e. The van der Waals surface area contributed by atoms with Crippen LogP contribution < -0.4 is 4.90 Å². The molecule has 0 saturated carbocycles. The van der Waals surface area contributed by atoms with Crippen molar-refractivity contribution in [1.82, 2.24) is 0 Å².